The predicted octanol–water partition coefficient (Wildman–Crippen LogP) is 7.74. The van der Waals surface area contributed by atoms with E-state index in [1.165, 1.54) is 54.6 Å². The number of ether oxygens (including phenoxy) is 2. The maximum absolute atomic E-state index is 11.5. The molecule has 0 bridgehead atoms. The monoisotopic (exact) mass is 712 g/mol. The summed E-state index contributed by atoms with van der Waals surface area (Å²) in [4.78, 5) is 0. The molecule has 4 unspecified atom stereocenters. The van der Waals surface area contributed by atoms with Gasteiger partial charge in [-0.3, -0.25) is 0 Å². The summed E-state index contributed by atoms with van der Waals surface area (Å²) in [5.41, 5.74) is 3.66. The first-order chi connectivity index (χ1) is 25.4. The SMILES string of the molecule is Oc1ccc(C=Cc2cc(O)cc3c2C(c2cc(O)cc(O)c2)C(c2ccc(O)c4c2OC(c2ccc(O)cc2O)C4c2cc(O)cc(O)c2)O3)cc1. The first-order valence-electron chi connectivity index (χ1n) is 16.5. The van der Waals surface area contributed by atoms with E-state index < -0.39 is 24.0 Å². The van der Waals surface area contributed by atoms with Gasteiger partial charge in [0.25, 0.3) is 0 Å². The average molecular weight is 713 g/mol. The highest BCUT2D eigenvalue weighted by Crippen LogP contribution is 2.61. The molecule has 6 aromatic carbocycles. The molecule has 0 saturated heterocycles. The van der Waals surface area contributed by atoms with E-state index >= 15 is 0 Å². The van der Waals surface area contributed by atoms with Gasteiger partial charge in [0.05, 0.1) is 11.8 Å². The first-order valence-corrected chi connectivity index (χ1v) is 16.5. The van der Waals surface area contributed by atoms with Gasteiger partial charge in [0.15, 0.2) is 0 Å². The van der Waals surface area contributed by atoms with Crippen LogP contribution in [0.4, 0.5) is 0 Å². The maximum atomic E-state index is 11.5. The molecule has 0 fully saturated rings. The van der Waals surface area contributed by atoms with Crippen molar-refractivity contribution in [2.45, 2.75) is 24.0 Å². The third-order valence-corrected chi connectivity index (χ3v) is 9.63. The van der Waals surface area contributed by atoms with E-state index in [4.69, 9.17) is 9.47 Å². The number of rotatable bonds is 6. The number of fused-ring (bicyclic) bond motifs is 2. The second-order valence-electron chi connectivity index (χ2n) is 13.1. The number of phenols is 9. The summed E-state index contributed by atoms with van der Waals surface area (Å²) in [5, 5.41) is 95.4. The molecule has 0 spiro atoms. The van der Waals surface area contributed by atoms with Crippen molar-refractivity contribution >= 4 is 12.2 Å². The molecule has 0 saturated carbocycles. The summed E-state index contributed by atoms with van der Waals surface area (Å²) in [6.07, 6.45) is 1.58. The molecule has 8 rings (SSSR count). The van der Waals surface area contributed by atoms with Gasteiger partial charge in [0.2, 0.25) is 0 Å². The van der Waals surface area contributed by atoms with Crippen LogP contribution in [0.2, 0.25) is 0 Å². The number of benzene rings is 6. The minimum Gasteiger partial charge on any atom is -0.508 e. The van der Waals surface area contributed by atoms with Crippen molar-refractivity contribution in [3.63, 3.8) is 0 Å². The fourth-order valence-corrected chi connectivity index (χ4v) is 7.47. The van der Waals surface area contributed by atoms with Gasteiger partial charge < -0.3 is 55.4 Å². The van der Waals surface area contributed by atoms with Crippen LogP contribution >= 0.6 is 0 Å². The fraction of sp³-hybridized carbons (Fsp3) is 0.0952. The van der Waals surface area contributed by atoms with E-state index in [1.54, 1.807) is 48.6 Å². The molecule has 9 N–H and O–H groups in total. The Morgan fingerprint density at radius 3 is 1.58 bits per heavy atom. The van der Waals surface area contributed by atoms with Crippen molar-refractivity contribution in [2.24, 2.45) is 0 Å². The van der Waals surface area contributed by atoms with Gasteiger partial charge in [-0.15, -0.1) is 0 Å². The van der Waals surface area contributed by atoms with Gasteiger partial charge >= 0.3 is 0 Å². The van der Waals surface area contributed by atoms with Crippen molar-refractivity contribution in [3.8, 4) is 63.2 Å². The van der Waals surface area contributed by atoms with Gasteiger partial charge in [0, 0.05) is 46.5 Å². The quantitative estimate of drug-likeness (QED) is 0.0765. The Bertz CT molecular complexity index is 2400. The standard InChI is InChI=1S/C42H32O11/c43-24-5-2-20(3-6-24)1-4-21-11-30(49)19-35-36(21)37(22-12-26(45)16-27(46)13-22)41(52-35)32-9-10-33(50)39-38(23-14-28(47)17-29(48)15-23)40(53-42(32)39)31-8-7-25(44)18-34(31)51/h1-19,37-38,40-41,43-51H. The summed E-state index contributed by atoms with van der Waals surface area (Å²) < 4.78 is 13.3. The Hall–Kier alpha value is -7.14. The molecule has 11 heteroatoms. The molecule has 0 radical (unpaired) electrons. The Labute approximate surface area is 302 Å². The topological polar surface area (TPSA) is 201 Å². The van der Waals surface area contributed by atoms with E-state index in [-0.39, 0.29) is 68.6 Å². The fourth-order valence-electron chi connectivity index (χ4n) is 7.47. The smallest absolute Gasteiger partial charge is 0.138 e. The maximum Gasteiger partial charge on any atom is 0.138 e. The molecule has 0 aromatic heterocycles. The zero-order valence-corrected chi connectivity index (χ0v) is 27.6. The zero-order chi connectivity index (χ0) is 37.1. The highest BCUT2D eigenvalue weighted by atomic mass is 16.5. The van der Waals surface area contributed by atoms with Crippen LogP contribution in [0, 0.1) is 0 Å². The number of phenolic OH excluding ortho intramolecular Hbond substituents is 9. The lowest BCUT2D eigenvalue weighted by molar-refractivity contribution is 0.191. The van der Waals surface area contributed by atoms with Gasteiger partial charge in [-0.25, -0.2) is 0 Å². The van der Waals surface area contributed by atoms with Gasteiger partial charge in [0.1, 0.15) is 75.5 Å². The van der Waals surface area contributed by atoms with Crippen LogP contribution in [0.5, 0.6) is 63.2 Å². The van der Waals surface area contributed by atoms with Gasteiger partial charge in [-0.2, -0.15) is 0 Å². The molecule has 266 valence electrons. The molecule has 4 atom stereocenters. The Kier molecular flexibility index (Phi) is 7.83. The van der Waals surface area contributed by atoms with Gasteiger partial charge in [-0.05, 0) is 89.0 Å². The third-order valence-electron chi connectivity index (χ3n) is 9.63. The van der Waals surface area contributed by atoms with Crippen molar-refractivity contribution in [1.29, 1.82) is 0 Å². The van der Waals surface area contributed by atoms with Crippen LogP contribution in [0.1, 0.15) is 68.6 Å². The lowest BCUT2D eigenvalue weighted by atomic mass is 9.80. The molecule has 2 aliphatic heterocycles. The minimum atomic E-state index is -1.04. The van der Waals surface area contributed by atoms with Crippen LogP contribution in [0.25, 0.3) is 12.2 Å². The molecular weight excluding hydrogens is 680 g/mol. The van der Waals surface area contributed by atoms with Gasteiger partial charge in [-0.1, -0.05) is 24.3 Å². The second-order valence-corrected chi connectivity index (χ2v) is 13.1. The molecule has 2 aliphatic rings. The zero-order valence-electron chi connectivity index (χ0n) is 27.6. The summed E-state index contributed by atoms with van der Waals surface area (Å²) in [7, 11) is 0. The van der Waals surface area contributed by atoms with Crippen LogP contribution in [0.3, 0.4) is 0 Å². The van der Waals surface area contributed by atoms with E-state index in [9.17, 15) is 46.0 Å². The molecule has 0 aliphatic carbocycles. The number of hydrogen-bond donors (Lipinski definition) is 9. The minimum absolute atomic E-state index is 0.0916. The van der Waals surface area contributed by atoms with Crippen molar-refractivity contribution in [3.05, 3.63) is 148 Å². The predicted molar refractivity (Wildman–Crippen MR) is 193 cm³/mol. The molecule has 0 amide bonds. The molecule has 11 nitrogen and oxygen atoms in total. The summed E-state index contributed by atoms with van der Waals surface area (Å²) in [6, 6.07) is 24.8. The van der Waals surface area contributed by atoms with E-state index in [1.807, 2.05) is 0 Å². The molecule has 6 aromatic rings. The molecular formula is C42H32O11. The van der Waals surface area contributed by atoms with Crippen LogP contribution in [-0.2, 0) is 0 Å². The third kappa shape index (κ3) is 5.93. The number of hydrogen-bond acceptors (Lipinski definition) is 11. The van der Waals surface area contributed by atoms with E-state index in [2.05, 4.69) is 0 Å². The summed E-state index contributed by atoms with van der Waals surface area (Å²) in [5.74, 6) is -2.73. The second kappa shape index (κ2) is 12.6. The normalized spacial score (nSPS) is 18.7. The largest absolute Gasteiger partial charge is 0.508 e. The Balaban J connectivity index is 1.33. The Morgan fingerprint density at radius 1 is 0.415 bits per heavy atom. The first kappa shape index (κ1) is 33.0. The van der Waals surface area contributed by atoms with Crippen LogP contribution in [0.15, 0.2) is 103 Å². The number of aromatic hydroxyl groups is 9. The average Bonchev–Trinajstić information content (AvgIpc) is 3.67. The lowest BCUT2D eigenvalue weighted by Gasteiger charge is -2.23. The molecule has 2 heterocycles. The summed E-state index contributed by atoms with van der Waals surface area (Å²) >= 11 is 0. The van der Waals surface area contributed by atoms with Crippen molar-refractivity contribution in [1.82, 2.24) is 0 Å². The van der Waals surface area contributed by atoms with Crippen LogP contribution < -0.4 is 9.47 Å². The van der Waals surface area contributed by atoms with E-state index in [0.717, 1.165) is 17.7 Å². The van der Waals surface area contributed by atoms with Crippen molar-refractivity contribution in [2.75, 3.05) is 0 Å². The van der Waals surface area contributed by atoms with Crippen LogP contribution in [-0.4, -0.2) is 46.0 Å². The van der Waals surface area contributed by atoms with E-state index in [0.29, 0.717) is 33.6 Å². The highest BCUT2D eigenvalue weighted by molar-refractivity contribution is 5.76. The molecule has 53 heavy (non-hydrogen) atoms. The Morgan fingerprint density at radius 2 is 0.962 bits per heavy atom. The lowest BCUT2D eigenvalue weighted by Crippen LogP contribution is -2.13. The van der Waals surface area contributed by atoms with Crippen molar-refractivity contribution < 1.29 is 55.4 Å². The highest BCUT2D eigenvalue weighted by Gasteiger charge is 2.46. The summed E-state index contributed by atoms with van der Waals surface area (Å²) in [6.45, 7) is 0.